The number of halogens is 2. The highest BCUT2D eigenvalue weighted by atomic mass is 127. The van der Waals surface area contributed by atoms with Crippen LogP contribution in [0.15, 0.2) is 12.1 Å². The summed E-state index contributed by atoms with van der Waals surface area (Å²) in [7, 11) is 0. The van der Waals surface area contributed by atoms with Crippen LogP contribution in [0.25, 0.3) is 0 Å². The van der Waals surface area contributed by atoms with Gasteiger partial charge in [-0.25, -0.2) is 0 Å². The Morgan fingerprint density at radius 3 is 2.79 bits per heavy atom. The van der Waals surface area contributed by atoms with E-state index < -0.39 is 0 Å². The molecular weight excluding hydrogens is 316 g/mol. The van der Waals surface area contributed by atoms with Crippen LogP contribution in [0.4, 0.5) is 0 Å². The molecule has 0 amide bonds. The second-order valence-corrected chi connectivity index (χ2v) is 3.91. The Morgan fingerprint density at radius 2 is 2.29 bits per heavy atom. The van der Waals surface area contributed by atoms with E-state index in [2.05, 4.69) is 0 Å². The van der Waals surface area contributed by atoms with E-state index >= 15 is 0 Å². The van der Waals surface area contributed by atoms with Gasteiger partial charge in [-0.15, -0.1) is 11.6 Å². The zero-order valence-corrected chi connectivity index (χ0v) is 9.83. The number of benzene rings is 1. The second-order valence-electron chi connectivity index (χ2n) is 2.49. The molecule has 5 heteroatoms. The normalized spacial score (nSPS) is 9.50. The van der Waals surface area contributed by atoms with Crippen LogP contribution >= 0.6 is 34.2 Å². The van der Waals surface area contributed by atoms with Crippen LogP contribution in [0.2, 0.25) is 0 Å². The van der Waals surface area contributed by atoms with Crippen molar-refractivity contribution in [2.24, 2.45) is 0 Å². The average Bonchev–Trinajstić information content (AvgIpc) is 2.19. The first-order valence-corrected chi connectivity index (χ1v) is 5.24. The summed E-state index contributed by atoms with van der Waals surface area (Å²) in [5.74, 6) is -0.751. The standard InChI is InChI=1S/C9H5ClINO2/c10-3-8(14)9-5(4-12)7(13)2-1-6(9)11/h1-2,13H,3H2. The van der Waals surface area contributed by atoms with Crippen molar-refractivity contribution in [1.29, 1.82) is 5.26 Å². The Kier molecular flexibility index (Phi) is 3.72. The van der Waals surface area contributed by atoms with Gasteiger partial charge in [0.05, 0.1) is 11.4 Å². The van der Waals surface area contributed by atoms with E-state index in [4.69, 9.17) is 16.9 Å². The monoisotopic (exact) mass is 321 g/mol. The fourth-order valence-corrected chi connectivity index (χ4v) is 1.90. The zero-order valence-electron chi connectivity index (χ0n) is 6.92. The molecule has 1 aromatic carbocycles. The van der Waals surface area contributed by atoms with E-state index in [1.54, 1.807) is 12.1 Å². The van der Waals surface area contributed by atoms with E-state index in [1.807, 2.05) is 22.6 Å². The first kappa shape index (κ1) is 11.3. The summed E-state index contributed by atoms with van der Waals surface area (Å²) in [5.41, 5.74) is 0.186. The fourth-order valence-electron chi connectivity index (χ4n) is 1.02. The molecule has 1 N–H and O–H groups in total. The van der Waals surface area contributed by atoms with Gasteiger partial charge in [0.15, 0.2) is 5.78 Å². The number of hydrogen-bond acceptors (Lipinski definition) is 3. The Labute approximate surface area is 99.4 Å². The van der Waals surface area contributed by atoms with Crippen LogP contribution in [0.5, 0.6) is 5.75 Å². The van der Waals surface area contributed by atoms with Gasteiger partial charge in [0.2, 0.25) is 0 Å². The molecule has 0 radical (unpaired) electrons. The van der Waals surface area contributed by atoms with Crippen molar-refractivity contribution >= 4 is 40.0 Å². The number of hydrogen-bond donors (Lipinski definition) is 1. The Hall–Kier alpha value is -0.800. The minimum absolute atomic E-state index is 0.0115. The van der Waals surface area contributed by atoms with Crippen LogP contribution in [0.3, 0.4) is 0 Å². The number of phenols is 1. The molecule has 0 spiro atoms. The summed E-state index contributed by atoms with van der Waals surface area (Å²) in [5, 5.41) is 18.1. The van der Waals surface area contributed by atoms with Gasteiger partial charge in [0.25, 0.3) is 0 Å². The molecule has 72 valence electrons. The van der Waals surface area contributed by atoms with Crippen LogP contribution < -0.4 is 0 Å². The molecule has 1 rings (SSSR count). The van der Waals surface area contributed by atoms with Gasteiger partial charge < -0.3 is 5.11 Å². The van der Waals surface area contributed by atoms with Crippen LogP contribution in [0.1, 0.15) is 15.9 Å². The van der Waals surface area contributed by atoms with Crippen LogP contribution in [-0.2, 0) is 0 Å². The lowest BCUT2D eigenvalue weighted by Gasteiger charge is -2.05. The fraction of sp³-hybridized carbons (Fsp3) is 0.111. The molecule has 0 aromatic heterocycles. The first-order chi connectivity index (χ1) is 6.61. The Balaban J connectivity index is 3.47. The average molecular weight is 322 g/mol. The van der Waals surface area contributed by atoms with E-state index in [1.165, 1.54) is 6.07 Å². The Morgan fingerprint density at radius 1 is 1.64 bits per heavy atom. The number of nitriles is 1. The first-order valence-electron chi connectivity index (χ1n) is 3.62. The van der Waals surface area contributed by atoms with Gasteiger partial charge in [0, 0.05) is 3.57 Å². The highest BCUT2D eigenvalue weighted by molar-refractivity contribution is 14.1. The summed E-state index contributed by atoms with van der Waals surface area (Å²) in [4.78, 5) is 11.4. The molecular formula is C9H5ClINO2. The largest absolute Gasteiger partial charge is 0.507 e. The number of alkyl halides is 1. The van der Waals surface area contributed by atoms with Gasteiger partial charge in [-0.2, -0.15) is 5.26 Å². The molecule has 3 nitrogen and oxygen atoms in total. The molecule has 0 aliphatic carbocycles. The predicted molar refractivity (Wildman–Crippen MR) is 60.6 cm³/mol. The molecule has 0 atom stereocenters. The maximum atomic E-state index is 11.4. The van der Waals surface area contributed by atoms with Crippen molar-refractivity contribution in [1.82, 2.24) is 0 Å². The maximum Gasteiger partial charge on any atom is 0.180 e. The molecule has 0 aliphatic heterocycles. The van der Waals surface area contributed by atoms with E-state index in [-0.39, 0.29) is 28.5 Å². The van der Waals surface area contributed by atoms with Crippen molar-refractivity contribution in [3.63, 3.8) is 0 Å². The maximum absolute atomic E-state index is 11.4. The van der Waals surface area contributed by atoms with E-state index in [0.717, 1.165) is 0 Å². The molecule has 1 aromatic rings. The van der Waals surface area contributed by atoms with Crippen molar-refractivity contribution in [2.45, 2.75) is 0 Å². The van der Waals surface area contributed by atoms with Crippen molar-refractivity contribution in [3.8, 4) is 11.8 Å². The van der Waals surface area contributed by atoms with Crippen LogP contribution in [0, 0.1) is 14.9 Å². The third kappa shape index (κ3) is 1.99. The number of nitrogens with zero attached hydrogens (tertiary/aromatic N) is 1. The van der Waals surface area contributed by atoms with Gasteiger partial charge >= 0.3 is 0 Å². The third-order valence-corrected chi connectivity index (χ3v) is 2.79. The van der Waals surface area contributed by atoms with Gasteiger partial charge in [-0.1, -0.05) is 0 Å². The molecule has 0 heterocycles. The summed E-state index contributed by atoms with van der Waals surface area (Å²) >= 11 is 7.32. The van der Waals surface area contributed by atoms with Gasteiger partial charge in [-0.05, 0) is 34.7 Å². The highest BCUT2D eigenvalue weighted by Crippen LogP contribution is 2.25. The van der Waals surface area contributed by atoms with Crippen molar-refractivity contribution < 1.29 is 9.90 Å². The predicted octanol–water partition coefficient (Wildman–Crippen LogP) is 2.29. The smallest absolute Gasteiger partial charge is 0.180 e. The number of carbonyl (C=O) groups is 1. The number of ketones is 1. The minimum Gasteiger partial charge on any atom is -0.507 e. The quantitative estimate of drug-likeness (QED) is 0.516. The number of Topliss-reactive ketones (excluding diaryl/α,β-unsaturated/α-hetero) is 1. The molecule has 0 fully saturated rings. The van der Waals surface area contributed by atoms with Crippen LogP contribution in [-0.4, -0.2) is 16.8 Å². The molecule has 14 heavy (non-hydrogen) atoms. The molecule has 0 saturated heterocycles. The lowest BCUT2D eigenvalue weighted by Crippen LogP contribution is -2.06. The topological polar surface area (TPSA) is 61.1 Å². The lowest BCUT2D eigenvalue weighted by molar-refractivity contribution is 0.101. The van der Waals surface area contributed by atoms with Crippen molar-refractivity contribution in [2.75, 3.05) is 5.88 Å². The molecule has 0 bridgehead atoms. The summed E-state index contributed by atoms with van der Waals surface area (Å²) in [6, 6.07) is 4.73. The number of aromatic hydroxyl groups is 1. The second kappa shape index (κ2) is 4.62. The molecule has 0 unspecified atom stereocenters. The number of carbonyl (C=O) groups excluding carboxylic acids is 1. The molecule has 0 aliphatic rings. The van der Waals surface area contributed by atoms with Gasteiger partial charge in [-0.3, -0.25) is 4.79 Å². The van der Waals surface area contributed by atoms with E-state index in [9.17, 15) is 9.90 Å². The summed E-state index contributed by atoms with van der Waals surface area (Å²) in [6.07, 6.45) is 0. The van der Waals surface area contributed by atoms with E-state index in [0.29, 0.717) is 3.57 Å². The highest BCUT2D eigenvalue weighted by Gasteiger charge is 2.17. The number of rotatable bonds is 2. The Bertz CT molecular complexity index is 426. The van der Waals surface area contributed by atoms with Gasteiger partial charge in [0.1, 0.15) is 17.4 Å². The number of phenolic OH excluding ortho intramolecular Hbond substituents is 1. The minimum atomic E-state index is -0.358. The summed E-state index contributed by atoms with van der Waals surface area (Å²) in [6.45, 7) is 0. The zero-order chi connectivity index (χ0) is 10.7. The molecule has 0 saturated carbocycles. The third-order valence-electron chi connectivity index (χ3n) is 1.64. The summed E-state index contributed by atoms with van der Waals surface area (Å²) < 4.78 is 0.614. The lowest BCUT2D eigenvalue weighted by atomic mass is 10.0. The SMILES string of the molecule is N#Cc1c(O)ccc(I)c1C(=O)CCl. The van der Waals surface area contributed by atoms with Crippen molar-refractivity contribution in [3.05, 3.63) is 26.8 Å².